The highest BCUT2D eigenvalue weighted by Crippen LogP contribution is 2.42. The number of halogens is 1. The highest BCUT2D eigenvalue weighted by atomic mass is 19.1. The van der Waals surface area contributed by atoms with Gasteiger partial charge >= 0.3 is 0 Å². The molecule has 0 radical (unpaired) electrons. The normalized spacial score (nSPS) is 25.1. The molecule has 2 atom stereocenters. The number of nitrogens with zero attached hydrogens (tertiary/aromatic N) is 1. The third-order valence-corrected chi connectivity index (χ3v) is 5.93. The molecule has 6 nitrogen and oxygen atoms in total. The molecule has 3 heterocycles. The zero-order valence-corrected chi connectivity index (χ0v) is 17.7. The molecule has 0 saturated carbocycles. The van der Waals surface area contributed by atoms with Crippen LogP contribution in [-0.2, 0) is 20.9 Å². The Morgan fingerprint density at radius 3 is 2.71 bits per heavy atom. The van der Waals surface area contributed by atoms with Crippen molar-refractivity contribution in [1.29, 1.82) is 0 Å². The van der Waals surface area contributed by atoms with Crippen LogP contribution in [0.4, 0.5) is 15.8 Å². The summed E-state index contributed by atoms with van der Waals surface area (Å²) in [4.78, 5) is 15.0. The zero-order chi connectivity index (χ0) is 21.5. The van der Waals surface area contributed by atoms with Crippen LogP contribution in [0.1, 0.15) is 30.5 Å². The van der Waals surface area contributed by atoms with Crippen molar-refractivity contribution in [1.82, 2.24) is 4.90 Å². The number of nitrogens with one attached hydrogen (secondary N) is 2. The molecular weight excluding hydrogens is 397 g/mol. The fraction of sp³-hybridized carbons (Fsp3) is 0.375. The van der Waals surface area contributed by atoms with E-state index in [1.165, 1.54) is 12.1 Å². The van der Waals surface area contributed by atoms with Crippen LogP contribution >= 0.6 is 0 Å². The Hall–Kier alpha value is -2.90. The number of anilines is 2. The van der Waals surface area contributed by atoms with E-state index in [1.807, 2.05) is 12.1 Å². The Morgan fingerprint density at radius 1 is 1.13 bits per heavy atom. The van der Waals surface area contributed by atoms with Gasteiger partial charge in [-0.15, -0.1) is 0 Å². The Morgan fingerprint density at radius 2 is 1.90 bits per heavy atom. The molecule has 3 aliphatic rings. The second-order valence-corrected chi connectivity index (χ2v) is 8.45. The first-order chi connectivity index (χ1) is 15.0. The van der Waals surface area contributed by atoms with Crippen LogP contribution in [0, 0.1) is 5.82 Å². The van der Waals surface area contributed by atoms with Crippen molar-refractivity contribution in [3.63, 3.8) is 0 Å². The summed E-state index contributed by atoms with van der Waals surface area (Å²) in [5.74, 6) is -0.0879. The van der Waals surface area contributed by atoms with Crippen LogP contribution in [0.2, 0.25) is 0 Å². The molecule has 1 amide bonds. The molecule has 0 bridgehead atoms. The van der Waals surface area contributed by atoms with Gasteiger partial charge in [0.1, 0.15) is 18.2 Å². The molecule has 0 aromatic heterocycles. The molecule has 162 valence electrons. The monoisotopic (exact) mass is 423 g/mol. The number of benzene rings is 2. The number of carbonyl (C=O) groups excluding carboxylic acids is 1. The van der Waals surface area contributed by atoms with Gasteiger partial charge in [0, 0.05) is 48.6 Å². The minimum absolute atomic E-state index is 0.264. The molecule has 1 fully saturated rings. The Labute approximate surface area is 181 Å². The van der Waals surface area contributed by atoms with Gasteiger partial charge in [-0.1, -0.05) is 0 Å². The average Bonchev–Trinajstić information content (AvgIpc) is 3.26. The van der Waals surface area contributed by atoms with Crippen LogP contribution in [0.25, 0.3) is 11.3 Å². The van der Waals surface area contributed by atoms with Gasteiger partial charge in [-0.2, -0.15) is 0 Å². The Balaban J connectivity index is 1.31. The summed E-state index contributed by atoms with van der Waals surface area (Å²) >= 11 is 0. The van der Waals surface area contributed by atoms with E-state index in [1.54, 1.807) is 6.07 Å². The van der Waals surface area contributed by atoms with E-state index in [2.05, 4.69) is 35.4 Å². The molecule has 2 aromatic rings. The molecule has 1 saturated heterocycles. The lowest BCUT2D eigenvalue weighted by Crippen LogP contribution is -2.46. The maximum Gasteiger partial charge on any atom is 0.260 e. The Bertz CT molecular complexity index is 1060. The van der Waals surface area contributed by atoms with Gasteiger partial charge in [0.05, 0.1) is 23.5 Å². The van der Waals surface area contributed by atoms with E-state index in [0.717, 1.165) is 43.0 Å². The predicted octanol–water partition coefficient (Wildman–Crippen LogP) is 3.70. The average molecular weight is 423 g/mol. The van der Waals surface area contributed by atoms with Gasteiger partial charge in [-0.05, 0) is 50.2 Å². The lowest BCUT2D eigenvalue weighted by atomic mass is 10.00. The topological polar surface area (TPSA) is 62.8 Å². The lowest BCUT2D eigenvalue weighted by molar-refractivity contribution is -0.110. The standard InChI is InChI=1S/C24H26FN3O3/c1-14-11-28(12-15(2)31-14)8-7-26-18-4-6-19-16(9-18)13-30-23(19)22-20-5-3-17(25)10-21(20)27-24(22)29/h3-6,9-10,14-15,26H,7-8,11-13H2,1-2H3,(H,27,29)/t14-,15+. The van der Waals surface area contributed by atoms with Gasteiger partial charge in [0.2, 0.25) is 0 Å². The second-order valence-electron chi connectivity index (χ2n) is 8.45. The van der Waals surface area contributed by atoms with Crippen LogP contribution in [0.3, 0.4) is 0 Å². The number of hydrogen-bond donors (Lipinski definition) is 2. The number of amides is 1. The minimum Gasteiger partial charge on any atom is -0.487 e. The van der Waals surface area contributed by atoms with Crippen LogP contribution in [0.5, 0.6) is 0 Å². The number of ether oxygens (including phenoxy) is 2. The van der Waals surface area contributed by atoms with Crippen LogP contribution in [-0.4, -0.2) is 49.2 Å². The van der Waals surface area contributed by atoms with E-state index >= 15 is 0 Å². The van der Waals surface area contributed by atoms with Gasteiger partial charge in [0.25, 0.3) is 5.91 Å². The number of hydrogen-bond acceptors (Lipinski definition) is 5. The molecule has 5 rings (SSSR count). The van der Waals surface area contributed by atoms with E-state index in [-0.39, 0.29) is 23.9 Å². The highest BCUT2D eigenvalue weighted by molar-refractivity contribution is 6.36. The van der Waals surface area contributed by atoms with Crippen molar-refractivity contribution >= 4 is 28.6 Å². The third-order valence-electron chi connectivity index (χ3n) is 5.93. The summed E-state index contributed by atoms with van der Waals surface area (Å²) < 4.78 is 25.2. The van der Waals surface area contributed by atoms with Crippen molar-refractivity contribution in [3.8, 4) is 0 Å². The smallest absolute Gasteiger partial charge is 0.260 e. The molecule has 2 aromatic carbocycles. The van der Waals surface area contributed by atoms with Gasteiger partial charge in [-0.3, -0.25) is 9.69 Å². The molecular formula is C24H26FN3O3. The van der Waals surface area contributed by atoms with Crippen LogP contribution < -0.4 is 10.6 Å². The van der Waals surface area contributed by atoms with Crippen molar-refractivity contribution in [3.05, 3.63) is 58.9 Å². The van der Waals surface area contributed by atoms with Gasteiger partial charge in [0.15, 0.2) is 0 Å². The van der Waals surface area contributed by atoms with Crippen molar-refractivity contribution < 1.29 is 18.7 Å². The van der Waals surface area contributed by atoms with Crippen LogP contribution in [0.15, 0.2) is 36.4 Å². The zero-order valence-electron chi connectivity index (χ0n) is 17.7. The fourth-order valence-corrected chi connectivity index (χ4v) is 4.67. The molecule has 0 unspecified atom stereocenters. The second kappa shape index (κ2) is 7.98. The Kier molecular flexibility index (Phi) is 5.16. The maximum absolute atomic E-state index is 13.5. The van der Waals surface area contributed by atoms with Crippen molar-refractivity contribution in [2.45, 2.75) is 32.7 Å². The molecule has 3 aliphatic heterocycles. The van der Waals surface area contributed by atoms with Gasteiger partial charge < -0.3 is 20.1 Å². The summed E-state index contributed by atoms with van der Waals surface area (Å²) in [6.07, 6.45) is 0.531. The summed E-state index contributed by atoms with van der Waals surface area (Å²) in [5, 5.41) is 6.22. The summed E-state index contributed by atoms with van der Waals surface area (Å²) in [7, 11) is 0. The maximum atomic E-state index is 13.5. The summed E-state index contributed by atoms with van der Waals surface area (Å²) in [5.41, 5.74) is 4.58. The summed E-state index contributed by atoms with van der Waals surface area (Å²) in [6.45, 7) is 8.34. The molecule has 0 aliphatic carbocycles. The molecule has 7 heteroatoms. The van der Waals surface area contributed by atoms with Crippen molar-refractivity contribution in [2.24, 2.45) is 0 Å². The van der Waals surface area contributed by atoms with Crippen molar-refractivity contribution in [2.75, 3.05) is 36.8 Å². The quantitative estimate of drug-likeness (QED) is 0.735. The third kappa shape index (κ3) is 3.91. The first kappa shape index (κ1) is 20.0. The highest BCUT2D eigenvalue weighted by Gasteiger charge is 2.32. The first-order valence-electron chi connectivity index (χ1n) is 10.7. The largest absolute Gasteiger partial charge is 0.487 e. The SMILES string of the molecule is C[C@@H]1CN(CCNc2ccc3c(c2)COC3=C2C(=O)Nc3cc(F)ccc32)C[C@H](C)O1. The van der Waals surface area contributed by atoms with E-state index in [4.69, 9.17) is 9.47 Å². The van der Waals surface area contributed by atoms with E-state index < -0.39 is 0 Å². The first-order valence-corrected chi connectivity index (χ1v) is 10.7. The number of rotatable bonds is 4. The predicted molar refractivity (Wildman–Crippen MR) is 118 cm³/mol. The molecule has 31 heavy (non-hydrogen) atoms. The minimum atomic E-state index is -0.380. The number of carbonyl (C=O) groups is 1. The fourth-order valence-electron chi connectivity index (χ4n) is 4.67. The van der Waals surface area contributed by atoms with E-state index in [9.17, 15) is 9.18 Å². The van der Waals surface area contributed by atoms with E-state index in [0.29, 0.717) is 29.2 Å². The number of fused-ring (bicyclic) bond motifs is 2. The molecule has 0 spiro atoms. The van der Waals surface area contributed by atoms with Gasteiger partial charge in [-0.25, -0.2) is 4.39 Å². The molecule has 2 N–H and O–H groups in total. The number of morpholine rings is 1. The summed E-state index contributed by atoms with van der Waals surface area (Å²) in [6, 6.07) is 10.4. The lowest BCUT2D eigenvalue weighted by Gasteiger charge is -2.35.